The lowest BCUT2D eigenvalue weighted by Crippen LogP contribution is -2.30. The molecule has 0 aromatic heterocycles. The Balaban J connectivity index is 2.22. The zero-order valence-corrected chi connectivity index (χ0v) is 9.51. The van der Waals surface area contributed by atoms with Gasteiger partial charge < -0.3 is 4.18 Å². The fraction of sp³-hybridized carbons (Fsp3) is 0.500. The molecule has 1 heterocycles. The maximum Gasteiger partial charge on any atom is 0.0659 e. The second-order valence-electron chi connectivity index (χ2n) is 4.35. The van der Waals surface area contributed by atoms with Crippen LogP contribution in [-0.2, 0) is 9.60 Å². The molecule has 1 saturated heterocycles. The minimum absolute atomic E-state index is 0.227. The molecule has 1 atom stereocenters. The second-order valence-corrected chi connectivity index (χ2v) is 5.16. The quantitative estimate of drug-likeness (QED) is 0.690. The van der Waals surface area contributed by atoms with Gasteiger partial charge in [-0.3, -0.25) is 0 Å². The fourth-order valence-corrected chi connectivity index (χ4v) is 2.86. The van der Waals surface area contributed by atoms with Crippen molar-refractivity contribution >= 4 is 12.0 Å². The first kappa shape index (κ1) is 10.1. The van der Waals surface area contributed by atoms with Crippen molar-refractivity contribution in [2.75, 3.05) is 12.4 Å². The van der Waals surface area contributed by atoms with Gasteiger partial charge in [0.25, 0.3) is 0 Å². The zero-order valence-electron chi connectivity index (χ0n) is 8.69. The summed E-state index contributed by atoms with van der Waals surface area (Å²) in [4.78, 5) is 0. The van der Waals surface area contributed by atoms with E-state index in [2.05, 4.69) is 44.2 Å². The standard InChI is InChI=1S/C12H16OS/c1-12(2,11-8-13-14-9-11)10-6-4-3-5-7-10/h3-7,11H,8-9H2,1-2H3. The van der Waals surface area contributed by atoms with Gasteiger partial charge in [0.15, 0.2) is 0 Å². The van der Waals surface area contributed by atoms with Gasteiger partial charge in [-0.15, -0.1) is 0 Å². The van der Waals surface area contributed by atoms with E-state index in [0.29, 0.717) is 5.92 Å². The Bertz CT molecular complexity index is 288. The number of hydrogen-bond donors (Lipinski definition) is 0. The predicted octanol–water partition coefficient (Wildman–Crippen LogP) is 3.26. The summed E-state index contributed by atoms with van der Waals surface area (Å²) >= 11 is 1.60. The highest BCUT2D eigenvalue weighted by Gasteiger charge is 2.34. The third-order valence-electron chi connectivity index (χ3n) is 3.16. The Kier molecular flexibility index (Phi) is 2.84. The average Bonchev–Trinajstić information content (AvgIpc) is 2.72. The van der Waals surface area contributed by atoms with E-state index in [-0.39, 0.29) is 5.41 Å². The Hall–Kier alpha value is -0.470. The van der Waals surface area contributed by atoms with Gasteiger partial charge in [0.05, 0.1) is 6.61 Å². The molecule has 76 valence electrons. The number of rotatable bonds is 2. The van der Waals surface area contributed by atoms with Crippen LogP contribution in [0.2, 0.25) is 0 Å². The molecule has 14 heavy (non-hydrogen) atoms. The Morgan fingerprint density at radius 3 is 2.57 bits per heavy atom. The van der Waals surface area contributed by atoms with E-state index in [9.17, 15) is 0 Å². The Labute approximate surface area is 90.1 Å². The lowest BCUT2D eigenvalue weighted by atomic mass is 9.74. The molecule has 2 heteroatoms. The van der Waals surface area contributed by atoms with Crippen LogP contribution in [0.3, 0.4) is 0 Å². The molecule has 1 aliphatic rings. The van der Waals surface area contributed by atoms with Gasteiger partial charge >= 0.3 is 0 Å². The molecular formula is C12H16OS. The van der Waals surface area contributed by atoms with Crippen LogP contribution in [0.4, 0.5) is 0 Å². The summed E-state index contributed by atoms with van der Waals surface area (Å²) < 4.78 is 5.38. The highest BCUT2D eigenvalue weighted by Crippen LogP contribution is 2.38. The van der Waals surface area contributed by atoms with E-state index < -0.39 is 0 Å². The van der Waals surface area contributed by atoms with Crippen LogP contribution in [0.15, 0.2) is 30.3 Å². The van der Waals surface area contributed by atoms with Gasteiger partial charge in [-0.1, -0.05) is 44.2 Å². The molecule has 0 saturated carbocycles. The normalized spacial score (nSPS) is 22.6. The van der Waals surface area contributed by atoms with Crippen LogP contribution in [0, 0.1) is 5.92 Å². The van der Waals surface area contributed by atoms with Gasteiger partial charge in [0.2, 0.25) is 0 Å². The molecule has 1 aromatic rings. The summed E-state index contributed by atoms with van der Waals surface area (Å²) in [5, 5.41) is 0. The third kappa shape index (κ3) is 1.82. The van der Waals surface area contributed by atoms with Crippen molar-refractivity contribution < 1.29 is 4.18 Å². The first-order valence-electron chi connectivity index (χ1n) is 5.01. The van der Waals surface area contributed by atoms with Gasteiger partial charge in [0, 0.05) is 11.7 Å². The van der Waals surface area contributed by atoms with E-state index in [4.69, 9.17) is 4.18 Å². The molecule has 0 spiro atoms. The average molecular weight is 208 g/mol. The monoisotopic (exact) mass is 208 g/mol. The van der Waals surface area contributed by atoms with Gasteiger partial charge in [0.1, 0.15) is 0 Å². The third-order valence-corrected chi connectivity index (χ3v) is 4.00. The van der Waals surface area contributed by atoms with Crippen LogP contribution >= 0.6 is 12.0 Å². The molecule has 1 aromatic carbocycles. The van der Waals surface area contributed by atoms with E-state index in [1.165, 1.54) is 5.56 Å². The van der Waals surface area contributed by atoms with E-state index in [0.717, 1.165) is 12.4 Å². The number of hydrogen-bond acceptors (Lipinski definition) is 2. The van der Waals surface area contributed by atoms with Crippen molar-refractivity contribution in [3.8, 4) is 0 Å². The highest BCUT2D eigenvalue weighted by molar-refractivity contribution is 7.94. The van der Waals surface area contributed by atoms with E-state index in [1.54, 1.807) is 12.0 Å². The topological polar surface area (TPSA) is 9.23 Å². The van der Waals surface area contributed by atoms with Crippen molar-refractivity contribution in [2.45, 2.75) is 19.3 Å². The molecule has 2 rings (SSSR count). The van der Waals surface area contributed by atoms with Gasteiger partial charge in [-0.05, 0) is 23.0 Å². The summed E-state index contributed by atoms with van der Waals surface area (Å²) in [5.74, 6) is 1.75. The Morgan fingerprint density at radius 1 is 1.29 bits per heavy atom. The van der Waals surface area contributed by atoms with Crippen molar-refractivity contribution in [3.63, 3.8) is 0 Å². The van der Waals surface area contributed by atoms with Crippen LogP contribution in [-0.4, -0.2) is 12.4 Å². The smallest absolute Gasteiger partial charge is 0.0659 e. The summed E-state index contributed by atoms with van der Waals surface area (Å²) in [7, 11) is 0. The molecule has 0 amide bonds. The lowest BCUT2D eigenvalue weighted by Gasteiger charge is -2.30. The molecule has 0 bridgehead atoms. The van der Waals surface area contributed by atoms with E-state index >= 15 is 0 Å². The lowest BCUT2D eigenvalue weighted by molar-refractivity contribution is 0.258. The first-order chi connectivity index (χ1) is 6.71. The van der Waals surface area contributed by atoms with Crippen LogP contribution in [0.5, 0.6) is 0 Å². The summed E-state index contributed by atoms with van der Waals surface area (Å²) in [5.41, 5.74) is 1.64. The molecule has 0 radical (unpaired) electrons. The van der Waals surface area contributed by atoms with Crippen LogP contribution in [0.1, 0.15) is 19.4 Å². The molecule has 1 unspecified atom stereocenters. The van der Waals surface area contributed by atoms with Crippen LogP contribution in [0.25, 0.3) is 0 Å². The van der Waals surface area contributed by atoms with Crippen molar-refractivity contribution in [1.29, 1.82) is 0 Å². The predicted molar refractivity (Wildman–Crippen MR) is 61.4 cm³/mol. The molecule has 0 N–H and O–H groups in total. The second kappa shape index (κ2) is 3.95. The highest BCUT2D eigenvalue weighted by atomic mass is 32.2. The van der Waals surface area contributed by atoms with Gasteiger partial charge in [-0.2, -0.15) is 0 Å². The van der Waals surface area contributed by atoms with Crippen molar-refractivity contribution in [3.05, 3.63) is 35.9 Å². The summed E-state index contributed by atoms with van der Waals surface area (Å²) in [6, 6.07) is 10.7. The molecule has 1 aliphatic heterocycles. The van der Waals surface area contributed by atoms with Gasteiger partial charge in [-0.25, -0.2) is 0 Å². The summed E-state index contributed by atoms with van der Waals surface area (Å²) in [6.07, 6.45) is 0. The Morgan fingerprint density at radius 2 is 2.00 bits per heavy atom. The first-order valence-corrected chi connectivity index (χ1v) is 5.92. The molecule has 1 fully saturated rings. The minimum Gasteiger partial charge on any atom is -0.315 e. The summed E-state index contributed by atoms with van der Waals surface area (Å²) in [6.45, 7) is 5.50. The van der Waals surface area contributed by atoms with Crippen molar-refractivity contribution in [1.82, 2.24) is 0 Å². The minimum atomic E-state index is 0.227. The van der Waals surface area contributed by atoms with Crippen molar-refractivity contribution in [2.24, 2.45) is 5.92 Å². The maximum atomic E-state index is 5.38. The largest absolute Gasteiger partial charge is 0.315 e. The fourth-order valence-electron chi connectivity index (χ4n) is 1.83. The molecular weight excluding hydrogens is 192 g/mol. The van der Waals surface area contributed by atoms with E-state index in [1.807, 2.05) is 0 Å². The molecule has 1 nitrogen and oxygen atoms in total. The number of benzene rings is 1. The molecule has 0 aliphatic carbocycles. The maximum absolute atomic E-state index is 5.38. The van der Waals surface area contributed by atoms with Crippen LogP contribution < -0.4 is 0 Å². The SMILES string of the molecule is CC(C)(c1ccccc1)C1COSC1. The zero-order chi connectivity index (χ0) is 10.0.